The molecule has 3 heterocycles. The minimum atomic E-state index is -4.62. The van der Waals surface area contributed by atoms with Gasteiger partial charge in [0, 0.05) is 57.2 Å². The number of carboxylic acids is 2. The zero-order valence-corrected chi connectivity index (χ0v) is 63.2. The molecule has 4 aromatic rings. The van der Waals surface area contributed by atoms with Crippen molar-refractivity contribution < 1.29 is 95.1 Å². The monoisotopic (exact) mass is 1620 g/mol. The predicted molar refractivity (Wildman–Crippen MR) is 410 cm³/mol. The molecule has 43 heteroatoms. The predicted octanol–water partition coefficient (Wildman–Crippen LogP) is -4.67. The lowest BCUT2D eigenvalue weighted by Gasteiger charge is -2.26. The fourth-order valence-corrected chi connectivity index (χ4v) is 12.4. The first-order valence-electron chi connectivity index (χ1n) is 36.6. The second-order valence-corrected chi connectivity index (χ2v) is 28.0. The zero-order chi connectivity index (χ0) is 84.0. The number of nitrogens with one attached hydrogen (secondary N) is 18. The van der Waals surface area contributed by atoms with Crippen molar-refractivity contribution in [2.75, 3.05) is 44.7 Å². The molecule has 6 rings (SSSR count). The number of nitrogens with zero attached hydrogens (tertiary/aromatic N) is 2. The van der Waals surface area contributed by atoms with Gasteiger partial charge in [0.05, 0.1) is 37.7 Å². The van der Waals surface area contributed by atoms with E-state index in [0.717, 1.165) is 18.5 Å². The molecular formula is C72H96N22O20S. The van der Waals surface area contributed by atoms with Gasteiger partial charge in [-0.05, 0) is 100.0 Å². The molecule has 0 aliphatic carbocycles. The summed E-state index contributed by atoms with van der Waals surface area (Å²) in [6.07, 6.45) is -0.711. The molecule has 0 saturated carbocycles. The number of carbonyl (C=O) groups is 15. The number of aliphatic carboxylic acids is 2. The van der Waals surface area contributed by atoms with Crippen molar-refractivity contribution in [2.45, 2.75) is 162 Å². The summed E-state index contributed by atoms with van der Waals surface area (Å²) >= 11 is 0. The lowest BCUT2D eigenvalue weighted by molar-refractivity contribution is -0.141. The van der Waals surface area contributed by atoms with Crippen LogP contribution in [0.25, 0.3) is 0 Å². The largest absolute Gasteiger partial charge is 0.481 e. The van der Waals surface area contributed by atoms with E-state index in [1.165, 1.54) is 30.3 Å². The maximum Gasteiger partial charge on any atom is 0.305 e. The number of hydrogen-bond acceptors (Lipinski definition) is 22. The van der Waals surface area contributed by atoms with E-state index in [2.05, 4.69) is 95.3 Å². The van der Waals surface area contributed by atoms with Crippen LogP contribution in [-0.2, 0) is 90.1 Å². The van der Waals surface area contributed by atoms with Crippen molar-refractivity contribution in [3.63, 3.8) is 0 Å². The van der Waals surface area contributed by atoms with Gasteiger partial charge in [-0.15, -0.1) is 0 Å². The Hall–Kier alpha value is -13.2. The van der Waals surface area contributed by atoms with Crippen molar-refractivity contribution in [2.24, 2.45) is 16.6 Å². The van der Waals surface area contributed by atoms with Gasteiger partial charge >= 0.3 is 11.9 Å². The van der Waals surface area contributed by atoms with Gasteiger partial charge in [0.15, 0.2) is 11.9 Å². The second kappa shape index (κ2) is 46.6. The summed E-state index contributed by atoms with van der Waals surface area (Å²) in [5.41, 5.74) is 14.4. The fourth-order valence-electron chi connectivity index (χ4n) is 11.7. The number of carbonyl (C=O) groups excluding carboxylic acids is 13. The quantitative estimate of drug-likeness (QED) is 0.00669. The highest BCUT2D eigenvalue weighted by atomic mass is 32.2. The molecule has 2 fully saturated rings. The molecule has 2 aliphatic rings. The van der Waals surface area contributed by atoms with E-state index in [1.54, 1.807) is 60.7 Å². The summed E-state index contributed by atoms with van der Waals surface area (Å²) in [6.45, 7) is -1.62. The molecule has 2 saturated heterocycles. The summed E-state index contributed by atoms with van der Waals surface area (Å²) in [5.74, 6) is -15.5. The standard InChI is InChI=1S/C72H96N22O20S/c73-71(74)79-31-13-22-45-65(106)88-47(67(108)90-50(33-41-15-3-1-4-16-41)69(110)92-52(35-59(98)99)63(104)82-39-57(96)85-45)20-9-11-29-77-56(95)28-26-49(87-61(102)44-25-27-55(81-37-44)94-84-38-43-19-7-8-24-54(43)115(112,113)114)62(103)78-30-12-10-21-48-68(109)91-51(34-42-17-5-2-6-18-42)70(111)93-53(36-60(100)101)64(105)83-40-58(97)86-46(66(107)89-48)23-14-32-80-72(75)76/h1-8,15-19,24-25,27,37-38,45-53H,9-14,20-23,26,28-36,39-40H2,(H,77,95)(H,78,103)(H,81,94)(H,82,104)(H,83,105)(H,85,96)(H,86,97)(H,87,102)(H,88,106)(H,89,107)(H,90,108)(H,91,109)(H,92,110)(H,93,111)(H,98,99)(H,100,101)(H4,73,74,79)(H4,75,76,80)(H,112,113,114)/t45-,46-,47+,48?,49?,50+,51+,52+,53+/m0/s1. The third kappa shape index (κ3) is 32.9. The normalized spacial score (nSPS) is 19.8. The van der Waals surface area contributed by atoms with Gasteiger partial charge in [-0.3, -0.25) is 92.7 Å². The summed E-state index contributed by atoms with van der Waals surface area (Å²) in [7, 11) is -4.62. The Bertz CT molecular complexity index is 4280. The summed E-state index contributed by atoms with van der Waals surface area (Å²) in [6, 6.07) is 11.1. The second-order valence-electron chi connectivity index (χ2n) is 26.6. The van der Waals surface area contributed by atoms with Crippen LogP contribution in [-0.4, -0.2) is 229 Å². The van der Waals surface area contributed by atoms with Crippen LogP contribution in [0.1, 0.15) is 117 Å². The first kappa shape index (κ1) is 90.7. The maximum absolute atomic E-state index is 14.5. The molecule has 2 aliphatic heterocycles. The van der Waals surface area contributed by atoms with E-state index in [4.69, 9.17) is 22.3 Å². The molecule has 0 bridgehead atoms. The lowest BCUT2D eigenvalue weighted by atomic mass is 10.0. The lowest BCUT2D eigenvalue weighted by Crippen LogP contribution is -2.58. The maximum atomic E-state index is 14.5. The Labute approximate surface area is 659 Å². The molecular weight excluding hydrogens is 1520 g/mol. The summed E-state index contributed by atoms with van der Waals surface area (Å²) in [5, 5.41) is 76.4. The van der Waals surface area contributed by atoms with Gasteiger partial charge in [-0.2, -0.15) is 13.5 Å². The average molecular weight is 1620 g/mol. The van der Waals surface area contributed by atoms with Gasteiger partial charge in [0.2, 0.25) is 70.9 Å². The number of benzene rings is 3. The van der Waals surface area contributed by atoms with Crippen LogP contribution in [0, 0.1) is 10.8 Å². The molecule has 0 spiro atoms. The number of carboxylic acid groups (broad SMARTS) is 2. The SMILES string of the molecule is N=C(N)NCCC[C@@H]1NC(=O)CNC(=O)[C@@H](CC(=O)O)NC(=O)[C@@H](Cc2ccccc2)NC(=O)C(CCCCNC(=O)C(CCC(=O)NCCCC[C@H]2NC(=O)[C@H](CCCNC(=N)N)NC(=O)CNC(=O)[C@@H](CC(=O)O)NC(=O)[C@@H](Cc3ccccc3)NC2=O)NC(=O)c2ccc(NN=Cc3ccccc3S(=O)(=O)O)nc2)NC1=O. The molecule has 0 radical (unpaired) electrons. The highest BCUT2D eigenvalue weighted by Gasteiger charge is 2.36. The Morgan fingerprint density at radius 3 is 1.36 bits per heavy atom. The van der Waals surface area contributed by atoms with E-state index in [-0.39, 0.29) is 139 Å². The Morgan fingerprint density at radius 2 is 0.913 bits per heavy atom. The van der Waals surface area contributed by atoms with Crippen molar-refractivity contribution in [3.05, 3.63) is 126 Å². The van der Waals surface area contributed by atoms with E-state index in [0.29, 0.717) is 11.1 Å². The number of nitrogens with two attached hydrogens (primary N) is 2. The molecule has 9 atom stereocenters. The third-order valence-electron chi connectivity index (χ3n) is 17.6. The number of amides is 13. The number of rotatable bonds is 36. The molecule has 2 unspecified atom stereocenters. The third-order valence-corrected chi connectivity index (χ3v) is 18.5. The molecule has 115 heavy (non-hydrogen) atoms. The smallest absolute Gasteiger partial charge is 0.305 e. The first-order valence-corrected chi connectivity index (χ1v) is 38.1. The van der Waals surface area contributed by atoms with Gasteiger partial charge in [-0.25, -0.2) is 4.98 Å². The van der Waals surface area contributed by atoms with Crippen LogP contribution >= 0.6 is 0 Å². The van der Waals surface area contributed by atoms with E-state index < -0.39 is 190 Å². The topological polar surface area (TPSA) is 668 Å². The van der Waals surface area contributed by atoms with Gasteiger partial charge in [0.1, 0.15) is 65.1 Å². The molecule has 25 N–H and O–H groups in total. The Morgan fingerprint density at radius 1 is 0.504 bits per heavy atom. The molecule has 3 aromatic carbocycles. The van der Waals surface area contributed by atoms with Crippen molar-refractivity contribution in [3.8, 4) is 0 Å². The highest BCUT2D eigenvalue weighted by molar-refractivity contribution is 7.86. The van der Waals surface area contributed by atoms with Crippen LogP contribution in [0.3, 0.4) is 0 Å². The van der Waals surface area contributed by atoms with Gasteiger partial charge in [-0.1, -0.05) is 78.9 Å². The van der Waals surface area contributed by atoms with Crippen molar-refractivity contribution >= 4 is 123 Å². The summed E-state index contributed by atoms with van der Waals surface area (Å²) < 4.78 is 33.5. The Balaban J connectivity index is 1.19. The van der Waals surface area contributed by atoms with Crippen LogP contribution < -0.4 is 96.6 Å². The van der Waals surface area contributed by atoms with Gasteiger partial charge in [0.25, 0.3) is 16.0 Å². The van der Waals surface area contributed by atoms with E-state index in [9.17, 15) is 95.1 Å². The fraction of sp³-hybridized carbons (Fsp3) is 0.431. The van der Waals surface area contributed by atoms with E-state index in [1.807, 2.05) is 0 Å². The number of pyridine rings is 1. The van der Waals surface area contributed by atoms with E-state index >= 15 is 0 Å². The number of anilines is 1. The van der Waals surface area contributed by atoms with Crippen LogP contribution in [0.5, 0.6) is 0 Å². The van der Waals surface area contributed by atoms with Crippen molar-refractivity contribution in [1.29, 1.82) is 10.8 Å². The molecule has 13 amide bonds. The van der Waals surface area contributed by atoms with Gasteiger partial charge < -0.3 is 101 Å². The Kier molecular flexibility index (Phi) is 36.7. The number of guanidine groups is 2. The number of unbranched alkanes of at least 4 members (excludes halogenated alkanes) is 2. The van der Waals surface area contributed by atoms with Crippen LogP contribution in [0.4, 0.5) is 5.82 Å². The zero-order valence-electron chi connectivity index (χ0n) is 62.4. The molecule has 620 valence electrons. The highest BCUT2D eigenvalue weighted by Crippen LogP contribution is 2.16. The van der Waals surface area contributed by atoms with Crippen molar-refractivity contribution in [1.82, 2.24) is 84.7 Å². The molecule has 42 nitrogen and oxygen atoms in total. The van der Waals surface area contributed by atoms with Crippen LogP contribution in [0.2, 0.25) is 0 Å². The average Bonchev–Trinajstić information content (AvgIpc) is 1.56. The van der Waals surface area contributed by atoms with Crippen LogP contribution in [0.15, 0.2) is 113 Å². The number of hydrogen-bond donors (Lipinski definition) is 23. The minimum absolute atomic E-state index is 0.0239. The molecule has 1 aromatic heterocycles. The number of hydrazone groups is 1. The minimum Gasteiger partial charge on any atom is -0.481 e. The summed E-state index contributed by atoms with van der Waals surface area (Å²) in [4.78, 5) is 208. The first-order chi connectivity index (χ1) is 54.8. The number of aromatic nitrogens is 1.